The Bertz CT molecular complexity index is 1780. The van der Waals surface area contributed by atoms with Gasteiger partial charge in [0.05, 0.1) is 53.5 Å². The number of carboxylic acids is 2. The minimum atomic E-state index is -1.64. The summed E-state index contributed by atoms with van der Waals surface area (Å²) in [6.07, 6.45) is 0. The zero-order valence-electron chi connectivity index (χ0n) is 22.0. The van der Waals surface area contributed by atoms with E-state index in [-0.39, 0.29) is 42.7 Å². The summed E-state index contributed by atoms with van der Waals surface area (Å²) in [6.45, 7) is 0. The van der Waals surface area contributed by atoms with Crippen LogP contribution in [0.25, 0.3) is 0 Å². The molecule has 11 nitrogen and oxygen atoms in total. The number of aromatic carboxylic acids is 2. The van der Waals surface area contributed by atoms with Crippen LogP contribution in [0.2, 0.25) is 20.1 Å². The molecule has 0 saturated carbocycles. The predicted octanol–water partition coefficient (Wildman–Crippen LogP) is 7.13. The molecule has 0 aliphatic heterocycles. The van der Waals surface area contributed by atoms with Crippen LogP contribution in [0.3, 0.4) is 0 Å². The number of carboxylic acid groups (broad SMARTS) is 2. The lowest BCUT2D eigenvalue weighted by Gasteiger charge is -2.11. The topological polar surface area (TPSA) is 171 Å². The summed E-state index contributed by atoms with van der Waals surface area (Å²) in [5.41, 5.74) is -2.63. The van der Waals surface area contributed by atoms with Crippen LogP contribution in [0.5, 0.6) is 11.5 Å². The second kappa shape index (κ2) is 13.8. The van der Waals surface area contributed by atoms with Crippen molar-refractivity contribution < 1.29 is 53.2 Å². The van der Waals surface area contributed by atoms with Gasteiger partial charge in [0, 0.05) is 0 Å². The second-order valence-corrected chi connectivity index (χ2v) is 10.4. The second-order valence-electron chi connectivity index (χ2n) is 8.74. The molecular weight excluding hydrogens is 678 g/mol. The van der Waals surface area contributed by atoms with Crippen molar-refractivity contribution in [3.05, 3.63) is 126 Å². The van der Waals surface area contributed by atoms with Crippen molar-refractivity contribution in [2.75, 3.05) is 0 Å². The van der Waals surface area contributed by atoms with E-state index in [0.29, 0.717) is 0 Å². The Kier molecular flexibility index (Phi) is 10.1. The van der Waals surface area contributed by atoms with Crippen molar-refractivity contribution in [2.45, 2.75) is 0 Å². The van der Waals surface area contributed by atoms with Gasteiger partial charge in [-0.2, -0.15) is 0 Å². The minimum absolute atomic E-state index is 0.000228. The van der Waals surface area contributed by atoms with Gasteiger partial charge in [-0.1, -0.05) is 46.4 Å². The lowest BCUT2D eigenvalue weighted by atomic mass is 10.1. The molecule has 0 spiro atoms. The molecule has 4 aromatic rings. The maximum absolute atomic E-state index is 12.8. The van der Waals surface area contributed by atoms with Crippen LogP contribution in [0.4, 0.5) is 0 Å². The van der Waals surface area contributed by atoms with E-state index in [2.05, 4.69) is 0 Å². The zero-order valence-corrected chi connectivity index (χ0v) is 25.0. The van der Waals surface area contributed by atoms with Gasteiger partial charge in [0.15, 0.2) is 0 Å². The first-order valence-corrected chi connectivity index (χ1v) is 13.6. The number of carbonyl (C=O) groups is 6. The van der Waals surface area contributed by atoms with Crippen LogP contribution < -0.4 is 9.47 Å². The van der Waals surface area contributed by atoms with Gasteiger partial charge < -0.3 is 24.4 Å². The molecule has 0 saturated heterocycles. The average Bonchev–Trinajstić information content (AvgIpc) is 2.99. The highest BCUT2D eigenvalue weighted by Gasteiger charge is 2.26. The van der Waals surface area contributed by atoms with Crippen molar-refractivity contribution in [3.63, 3.8) is 0 Å². The van der Waals surface area contributed by atoms with Crippen LogP contribution in [0.15, 0.2) is 72.8 Å². The molecule has 15 heteroatoms. The largest absolute Gasteiger partial charge is 0.478 e. The van der Waals surface area contributed by atoms with Crippen LogP contribution >= 0.6 is 46.4 Å². The molecule has 0 amide bonds. The number of hydrogen-bond donors (Lipinski definition) is 2. The molecule has 45 heavy (non-hydrogen) atoms. The van der Waals surface area contributed by atoms with E-state index in [4.69, 9.17) is 60.6 Å². The van der Waals surface area contributed by atoms with E-state index in [9.17, 15) is 39.0 Å². The lowest BCUT2D eigenvalue weighted by molar-refractivity contribution is 0.0386. The highest BCUT2D eigenvalue weighted by molar-refractivity contribution is 6.42. The summed E-state index contributed by atoms with van der Waals surface area (Å²) in [5, 5.41) is 19.8. The number of carbonyl (C=O) groups excluding carboxylic acids is 4. The fraction of sp³-hybridized carbons (Fsp3) is 0. The Balaban J connectivity index is 1.52. The van der Waals surface area contributed by atoms with Crippen LogP contribution in [-0.4, -0.2) is 46.0 Å². The highest BCUT2D eigenvalue weighted by Crippen LogP contribution is 2.27. The summed E-state index contributed by atoms with van der Waals surface area (Å²) in [4.78, 5) is 74.3. The van der Waals surface area contributed by atoms with Gasteiger partial charge in [-0.05, 0) is 72.8 Å². The molecule has 0 unspecified atom stereocenters. The summed E-state index contributed by atoms with van der Waals surface area (Å²) >= 11 is 23.5. The Labute approximate surface area is 272 Å². The van der Waals surface area contributed by atoms with Crippen molar-refractivity contribution in [2.24, 2.45) is 0 Å². The first kappa shape index (κ1) is 33.0. The molecule has 4 aromatic carbocycles. The van der Waals surface area contributed by atoms with Crippen molar-refractivity contribution >= 4 is 82.2 Å². The molecule has 0 fully saturated rings. The maximum Gasteiger partial charge on any atom is 0.346 e. The third-order valence-electron chi connectivity index (χ3n) is 5.80. The van der Waals surface area contributed by atoms with Crippen molar-refractivity contribution in [3.8, 4) is 11.5 Å². The average molecular weight is 692 g/mol. The Hall–Kier alpha value is -4.94. The minimum Gasteiger partial charge on any atom is -0.478 e. The molecule has 0 heterocycles. The van der Waals surface area contributed by atoms with E-state index >= 15 is 0 Å². The van der Waals surface area contributed by atoms with E-state index in [1.54, 1.807) is 0 Å². The number of ether oxygens (including phenoxy) is 3. The highest BCUT2D eigenvalue weighted by atomic mass is 35.5. The molecule has 0 aromatic heterocycles. The molecule has 228 valence electrons. The van der Waals surface area contributed by atoms with Crippen LogP contribution in [0.1, 0.15) is 62.1 Å². The monoisotopic (exact) mass is 690 g/mol. The summed E-state index contributed by atoms with van der Waals surface area (Å²) < 4.78 is 15.1. The number of rotatable bonds is 8. The first-order chi connectivity index (χ1) is 21.2. The maximum atomic E-state index is 12.8. The van der Waals surface area contributed by atoms with Crippen molar-refractivity contribution in [1.29, 1.82) is 0 Å². The van der Waals surface area contributed by atoms with Gasteiger partial charge in [0.25, 0.3) is 0 Å². The van der Waals surface area contributed by atoms with Crippen molar-refractivity contribution in [1.82, 2.24) is 0 Å². The number of hydrogen-bond acceptors (Lipinski definition) is 9. The van der Waals surface area contributed by atoms with Gasteiger partial charge in [0.2, 0.25) is 0 Å². The molecule has 0 atom stereocenters. The summed E-state index contributed by atoms with van der Waals surface area (Å²) in [7, 11) is 0. The fourth-order valence-electron chi connectivity index (χ4n) is 3.66. The third-order valence-corrected chi connectivity index (χ3v) is 7.28. The molecule has 4 rings (SSSR count). The fourth-order valence-corrected chi connectivity index (χ4v) is 4.25. The normalized spacial score (nSPS) is 10.5. The first-order valence-electron chi connectivity index (χ1n) is 12.1. The smallest absolute Gasteiger partial charge is 0.346 e. The Morgan fingerprint density at radius 2 is 0.822 bits per heavy atom. The van der Waals surface area contributed by atoms with E-state index in [0.717, 1.165) is 36.4 Å². The van der Waals surface area contributed by atoms with Gasteiger partial charge >= 0.3 is 35.8 Å². The number of halogens is 4. The standard InChI is InChI=1S/C30H14Cl4O11/c31-21-7-1-13(9-23(21)33)27(39)43-15-3-5-17(19(11-15)25(35)36)29(41)45-30(42)18-6-4-16(12-20(18)26(37)38)44-28(40)14-2-8-22(32)24(34)10-14/h1-12H,(H,35,36)(H,37,38). The van der Waals surface area contributed by atoms with E-state index < -0.39 is 58.1 Å². The predicted molar refractivity (Wildman–Crippen MR) is 159 cm³/mol. The molecule has 0 aliphatic rings. The van der Waals surface area contributed by atoms with Gasteiger partial charge in [-0.25, -0.2) is 28.8 Å². The molecular formula is C30H14Cl4O11. The number of esters is 4. The molecule has 0 aliphatic carbocycles. The zero-order chi connectivity index (χ0) is 33.0. The SMILES string of the molecule is O=C(Oc1ccc(C(=O)OC(=O)c2ccc(OC(=O)c3ccc(Cl)c(Cl)c3)cc2C(=O)O)c(C(=O)O)c1)c1ccc(Cl)c(Cl)c1. The van der Waals surface area contributed by atoms with Crippen LogP contribution in [0, 0.1) is 0 Å². The molecule has 0 radical (unpaired) electrons. The quantitative estimate of drug-likeness (QED) is 0.109. The Morgan fingerprint density at radius 3 is 1.16 bits per heavy atom. The van der Waals surface area contributed by atoms with E-state index in [1.807, 2.05) is 0 Å². The number of benzene rings is 4. The Morgan fingerprint density at radius 1 is 0.444 bits per heavy atom. The van der Waals surface area contributed by atoms with Gasteiger partial charge in [0.1, 0.15) is 11.5 Å². The lowest BCUT2D eigenvalue weighted by Crippen LogP contribution is -2.19. The summed E-state index contributed by atoms with van der Waals surface area (Å²) in [5.74, 6) is -8.55. The van der Waals surface area contributed by atoms with Gasteiger partial charge in [-0.3, -0.25) is 0 Å². The molecule has 0 bridgehead atoms. The third kappa shape index (κ3) is 7.78. The van der Waals surface area contributed by atoms with E-state index in [1.165, 1.54) is 36.4 Å². The van der Waals surface area contributed by atoms with Crippen LogP contribution in [-0.2, 0) is 4.74 Å². The molecule has 2 N–H and O–H groups in total. The summed E-state index contributed by atoms with van der Waals surface area (Å²) in [6, 6.07) is 13.5. The van der Waals surface area contributed by atoms with Gasteiger partial charge in [-0.15, -0.1) is 0 Å².